The second kappa shape index (κ2) is 4.45. The van der Waals surface area contributed by atoms with Crippen LogP contribution >= 0.6 is 11.8 Å². The molecular formula is C14H19NOS. The molecule has 2 bridgehead atoms. The number of methoxy groups -OCH3 is 1. The molecule has 3 unspecified atom stereocenters. The lowest BCUT2D eigenvalue weighted by Gasteiger charge is -2.22. The molecule has 2 saturated carbocycles. The van der Waals surface area contributed by atoms with Crippen molar-refractivity contribution in [3.8, 4) is 5.75 Å². The van der Waals surface area contributed by atoms with E-state index >= 15 is 0 Å². The summed E-state index contributed by atoms with van der Waals surface area (Å²) in [6.07, 6.45) is 5.73. The van der Waals surface area contributed by atoms with Crippen LogP contribution in [0.1, 0.15) is 25.7 Å². The van der Waals surface area contributed by atoms with Crippen LogP contribution in [0.25, 0.3) is 0 Å². The number of benzene rings is 1. The van der Waals surface area contributed by atoms with Gasteiger partial charge in [-0.15, -0.1) is 11.8 Å². The Kier molecular flexibility index (Phi) is 2.95. The Morgan fingerprint density at radius 3 is 2.82 bits per heavy atom. The van der Waals surface area contributed by atoms with E-state index in [1.54, 1.807) is 7.11 Å². The fraction of sp³-hybridized carbons (Fsp3) is 0.571. The van der Waals surface area contributed by atoms with Crippen molar-refractivity contribution in [3.63, 3.8) is 0 Å². The van der Waals surface area contributed by atoms with Crippen LogP contribution < -0.4 is 10.5 Å². The first-order chi connectivity index (χ1) is 8.26. The van der Waals surface area contributed by atoms with E-state index in [-0.39, 0.29) is 0 Å². The Bertz CT molecular complexity index is 421. The van der Waals surface area contributed by atoms with Gasteiger partial charge in [-0.2, -0.15) is 0 Å². The van der Waals surface area contributed by atoms with Gasteiger partial charge in [0.1, 0.15) is 5.75 Å². The maximum atomic E-state index is 5.78. The molecule has 2 fully saturated rings. The van der Waals surface area contributed by atoms with Crippen LogP contribution in [-0.2, 0) is 0 Å². The maximum absolute atomic E-state index is 5.78. The molecule has 2 nitrogen and oxygen atoms in total. The quantitative estimate of drug-likeness (QED) is 0.832. The number of nitrogens with two attached hydrogens (primary N) is 1. The van der Waals surface area contributed by atoms with Crippen molar-refractivity contribution in [2.24, 2.45) is 11.8 Å². The Morgan fingerprint density at radius 1 is 1.29 bits per heavy atom. The number of thioether (sulfide) groups is 1. The molecule has 3 atom stereocenters. The van der Waals surface area contributed by atoms with Crippen LogP contribution in [0.2, 0.25) is 0 Å². The van der Waals surface area contributed by atoms with Crippen molar-refractivity contribution in [2.75, 3.05) is 12.8 Å². The predicted molar refractivity (Wildman–Crippen MR) is 72.5 cm³/mol. The molecule has 2 aliphatic carbocycles. The zero-order chi connectivity index (χ0) is 11.8. The average molecular weight is 249 g/mol. The molecule has 1 aromatic rings. The van der Waals surface area contributed by atoms with E-state index < -0.39 is 0 Å². The lowest BCUT2D eigenvalue weighted by atomic mass is 10.0. The van der Waals surface area contributed by atoms with Crippen LogP contribution in [0.5, 0.6) is 5.75 Å². The van der Waals surface area contributed by atoms with Crippen LogP contribution in [0.3, 0.4) is 0 Å². The first-order valence-corrected chi connectivity index (χ1v) is 7.24. The second-order valence-corrected chi connectivity index (χ2v) is 6.52. The van der Waals surface area contributed by atoms with Crippen LogP contribution in [0.15, 0.2) is 23.1 Å². The van der Waals surface area contributed by atoms with Crippen LogP contribution in [0, 0.1) is 11.8 Å². The minimum atomic E-state index is 0.777. The average Bonchev–Trinajstić information content (AvgIpc) is 2.93. The van der Waals surface area contributed by atoms with E-state index in [9.17, 15) is 0 Å². The van der Waals surface area contributed by atoms with Gasteiger partial charge in [0.2, 0.25) is 0 Å². The van der Waals surface area contributed by atoms with Crippen molar-refractivity contribution in [1.29, 1.82) is 0 Å². The Morgan fingerprint density at radius 2 is 2.18 bits per heavy atom. The van der Waals surface area contributed by atoms with E-state index in [0.717, 1.165) is 28.5 Å². The topological polar surface area (TPSA) is 35.2 Å². The normalized spacial score (nSPS) is 30.8. The van der Waals surface area contributed by atoms with E-state index in [1.807, 2.05) is 23.9 Å². The molecule has 0 aromatic heterocycles. The van der Waals surface area contributed by atoms with Gasteiger partial charge in [0, 0.05) is 21.9 Å². The van der Waals surface area contributed by atoms with Gasteiger partial charge in [-0.1, -0.05) is 6.42 Å². The molecule has 0 amide bonds. The van der Waals surface area contributed by atoms with Gasteiger partial charge in [0.15, 0.2) is 0 Å². The maximum Gasteiger partial charge on any atom is 0.134 e. The van der Waals surface area contributed by atoms with Crippen molar-refractivity contribution in [2.45, 2.75) is 35.8 Å². The summed E-state index contributed by atoms with van der Waals surface area (Å²) in [7, 11) is 1.72. The largest absolute Gasteiger partial charge is 0.496 e. The van der Waals surface area contributed by atoms with Gasteiger partial charge in [-0.05, 0) is 43.2 Å². The zero-order valence-corrected chi connectivity index (χ0v) is 11.0. The highest BCUT2D eigenvalue weighted by Crippen LogP contribution is 2.52. The Hall–Kier alpha value is -0.830. The molecule has 0 heterocycles. The second-order valence-electron chi connectivity index (χ2n) is 5.24. The first kappa shape index (κ1) is 11.3. The monoisotopic (exact) mass is 249 g/mol. The number of hydrogen-bond acceptors (Lipinski definition) is 3. The van der Waals surface area contributed by atoms with Crippen molar-refractivity contribution in [1.82, 2.24) is 0 Å². The van der Waals surface area contributed by atoms with Gasteiger partial charge >= 0.3 is 0 Å². The minimum absolute atomic E-state index is 0.777. The summed E-state index contributed by atoms with van der Waals surface area (Å²) in [6, 6.07) is 6.00. The molecule has 3 rings (SSSR count). The van der Waals surface area contributed by atoms with Crippen molar-refractivity contribution in [3.05, 3.63) is 18.2 Å². The molecule has 0 radical (unpaired) electrons. The molecule has 0 spiro atoms. The van der Waals surface area contributed by atoms with E-state index in [2.05, 4.69) is 6.07 Å². The number of nitrogen functional groups attached to an aromatic ring is 1. The van der Waals surface area contributed by atoms with E-state index in [4.69, 9.17) is 10.5 Å². The third-order valence-corrected chi connectivity index (χ3v) is 5.61. The summed E-state index contributed by atoms with van der Waals surface area (Å²) in [4.78, 5) is 1.25. The zero-order valence-electron chi connectivity index (χ0n) is 10.2. The van der Waals surface area contributed by atoms with Gasteiger partial charge < -0.3 is 10.5 Å². The highest BCUT2D eigenvalue weighted by Gasteiger charge is 2.40. The number of rotatable bonds is 3. The molecule has 1 aromatic carbocycles. The molecule has 0 aliphatic heterocycles. The Balaban J connectivity index is 1.76. The first-order valence-electron chi connectivity index (χ1n) is 6.36. The number of anilines is 1. The lowest BCUT2D eigenvalue weighted by molar-refractivity contribution is 0.404. The third kappa shape index (κ3) is 2.13. The fourth-order valence-electron chi connectivity index (χ4n) is 3.28. The van der Waals surface area contributed by atoms with Gasteiger partial charge in [-0.25, -0.2) is 0 Å². The molecule has 3 heteroatoms. The summed E-state index contributed by atoms with van der Waals surface area (Å²) in [5, 5.41) is 0.797. The molecule has 2 N–H and O–H groups in total. The Labute approximate surface area is 107 Å². The fourth-order valence-corrected chi connectivity index (χ4v) is 4.81. The van der Waals surface area contributed by atoms with Crippen molar-refractivity contribution < 1.29 is 4.74 Å². The molecule has 0 saturated heterocycles. The molecule has 2 aliphatic rings. The number of fused-ring (bicyclic) bond motifs is 2. The van der Waals surface area contributed by atoms with Crippen molar-refractivity contribution >= 4 is 17.4 Å². The van der Waals surface area contributed by atoms with Gasteiger partial charge in [0.25, 0.3) is 0 Å². The van der Waals surface area contributed by atoms with E-state index in [1.165, 1.54) is 30.6 Å². The lowest BCUT2D eigenvalue weighted by Crippen LogP contribution is -2.12. The summed E-state index contributed by atoms with van der Waals surface area (Å²) in [5.41, 5.74) is 6.56. The predicted octanol–water partition coefficient (Wildman–Crippen LogP) is 3.56. The molecular weight excluding hydrogens is 230 g/mol. The smallest absolute Gasteiger partial charge is 0.134 e. The summed E-state index contributed by atoms with van der Waals surface area (Å²) >= 11 is 1.99. The number of ether oxygens (including phenoxy) is 1. The van der Waals surface area contributed by atoms with E-state index in [0.29, 0.717) is 0 Å². The minimum Gasteiger partial charge on any atom is -0.496 e. The van der Waals surface area contributed by atoms with Gasteiger partial charge in [0.05, 0.1) is 7.11 Å². The summed E-state index contributed by atoms with van der Waals surface area (Å²) in [6.45, 7) is 0. The van der Waals surface area contributed by atoms with Crippen LogP contribution in [0.4, 0.5) is 5.69 Å². The third-order valence-electron chi connectivity index (χ3n) is 4.14. The SMILES string of the molecule is COc1cc(N)ccc1SC1CC2CCC1C2. The standard InChI is InChI=1S/C14H19NOS/c1-16-12-8-11(15)4-5-13(12)17-14-7-9-2-3-10(14)6-9/h4-5,8-10,14H,2-3,6-7,15H2,1H3. The number of hydrogen-bond donors (Lipinski definition) is 1. The van der Waals surface area contributed by atoms with Crippen LogP contribution in [-0.4, -0.2) is 12.4 Å². The highest BCUT2D eigenvalue weighted by atomic mass is 32.2. The summed E-state index contributed by atoms with van der Waals surface area (Å²) in [5.74, 6) is 2.86. The highest BCUT2D eigenvalue weighted by molar-refractivity contribution is 8.00. The van der Waals surface area contributed by atoms with Gasteiger partial charge in [-0.3, -0.25) is 0 Å². The molecule has 92 valence electrons. The molecule has 17 heavy (non-hydrogen) atoms. The summed E-state index contributed by atoms with van der Waals surface area (Å²) < 4.78 is 5.42.